The number of hydrogen-bond donors (Lipinski definition) is 1. The molecule has 2 aromatic rings. The monoisotopic (exact) mass is 330 g/mol. The Morgan fingerprint density at radius 2 is 2.12 bits per heavy atom. The van der Waals surface area contributed by atoms with E-state index in [1.807, 2.05) is 11.6 Å². The lowest BCUT2D eigenvalue weighted by Crippen LogP contribution is -2.17. The minimum atomic E-state index is -0.537. The number of anilines is 1. The predicted molar refractivity (Wildman–Crippen MR) is 92.2 cm³/mol. The third-order valence-electron chi connectivity index (χ3n) is 3.74. The summed E-state index contributed by atoms with van der Waals surface area (Å²) in [6.07, 6.45) is 2.31. The highest BCUT2D eigenvalue weighted by Gasteiger charge is 2.23. The van der Waals surface area contributed by atoms with Crippen LogP contribution in [0.2, 0.25) is 0 Å². The van der Waals surface area contributed by atoms with Crippen LogP contribution >= 0.6 is 0 Å². The van der Waals surface area contributed by atoms with E-state index in [1.165, 1.54) is 6.07 Å². The average molecular weight is 330 g/mol. The van der Waals surface area contributed by atoms with Crippen LogP contribution in [-0.2, 0) is 13.0 Å². The van der Waals surface area contributed by atoms with Gasteiger partial charge < -0.3 is 5.32 Å². The Morgan fingerprint density at radius 1 is 1.42 bits per heavy atom. The van der Waals surface area contributed by atoms with Crippen molar-refractivity contribution in [2.75, 3.05) is 5.32 Å². The molecule has 0 saturated carbocycles. The van der Waals surface area contributed by atoms with Gasteiger partial charge in [0, 0.05) is 12.6 Å². The van der Waals surface area contributed by atoms with Gasteiger partial charge >= 0.3 is 0 Å². The van der Waals surface area contributed by atoms with Crippen molar-refractivity contribution in [3.05, 3.63) is 51.3 Å². The first-order valence-corrected chi connectivity index (χ1v) is 7.95. The number of nitro benzene ring substituents is 1. The van der Waals surface area contributed by atoms with Crippen molar-refractivity contribution in [2.24, 2.45) is 5.92 Å². The molecule has 0 aliphatic heterocycles. The van der Waals surface area contributed by atoms with Crippen molar-refractivity contribution in [3.8, 4) is 0 Å². The molecule has 0 atom stereocenters. The van der Waals surface area contributed by atoms with E-state index < -0.39 is 10.8 Å². The summed E-state index contributed by atoms with van der Waals surface area (Å²) in [6.45, 7) is 8.61. The molecule has 0 fully saturated rings. The van der Waals surface area contributed by atoms with E-state index in [0.717, 1.165) is 12.2 Å². The smallest absolute Gasteiger partial charge is 0.282 e. The van der Waals surface area contributed by atoms with E-state index in [1.54, 1.807) is 25.3 Å². The van der Waals surface area contributed by atoms with E-state index in [2.05, 4.69) is 24.3 Å². The van der Waals surface area contributed by atoms with Gasteiger partial charge in [-0.05, 0) is 24.8 Å². The highest BCUT2D eigenvalue weighted by Crippen LogP contribution is 2.24. The summed E-state index contributed by atoms with van der Waals surface area (Å²) < 4.78 is 1.87. The number of carbonyl (C=O) groups is 1. The number of hydrogen-bond acceptors (Lipinski definition) is 4. The van der Waals surface area contributed by atoms with Crippen molar-refractivity contribution < 1.29 is 9.72 Å². The third kappa shape index (κ3) is 3.61. The highest BCUT2D eigenvalue weighted by atomic mass is 16.6. The first-order valence-electron chi connectivity index (χ1n) is 7.95. The maximum atomic E-state index is 12.6. The molecule has 1 aromatic carbocycles. The molecular weight excluding hydrogens is 308 g/mol. The second kappa shape index (κ2) is 7.25. The largest absolute Gasteiger partial charge is 0.319 e. The molecule has 1 N–H and O–H groups in total. The second-order valence-corrected chi connectivity index (χ2v) is 6.11. The van der Waals surface area contributed by atoms with Gasteiger partial charge in [-0.15, -0.1) is 0 Å². The number of nitrogens with one attached hydrogen (secondary N) is 1. The number of nitrogens with zero attached hydrogens (tertiary/aromatic N) is 3. The van der Waals surface area contributed by atoms with Crippen LogP contribution in [-0.4, -0.2) is 20.6 Å². The SMILES string of the molecule is CCc1c(NC(=O)c2c(C)cccc2[N+](=O)[O-])cnn1CC(C)C. The molecule has 1 amide bonds. The lowest BCUT2D eigenvalue weighted by molar-refractivity contribution is -0.385. The minimum Gasteiger partial charge on any atom is -0.319 e. The van der Waals surface area contributed by atoms with E-state index in [9.17, 15) is 14.9 Å². The van der Waals surface area contributed by atoms with Crippen LogP contribution in [0.25, 0.3) is 0 Å². The van der Waals surface area contributed by atoms with Crippen LogP contribution in [0.5, 0.6) is 0 Å². The number of aromatic nitrogens is 2. The number of amides is 1. The molecule has 2 rings (SSSR count). The molecule has 0 bridgehead atoms. The van der Waals surface area contributed by atoms with Gasteiger partial charge in [-0.3, -0.25) is 19.6 Å². The normalized spacial score (nSPS) is 10.9. The zero-order chi connectivity index (χ0) is 17.9. The second-order valence-electron chi connectivity index (χ2n) is 6.11. The fourth-order valence-electron chi connectivity index (χ4n) is 2.68. The van der Waals surface area contributed by atoms with Crippen molar-refractivity contribution in [3.63, 3.8) is 0 Å². The summed E-state index contributed by atoms with van der Waals surface area (Å²) in [6, 6.07) is 4.60. The zero-order valence-electron chi connectivity index (χ0n) is 14.4. The molecule has 24 heavy (non-hydrogen) atoms. The standard InChI is InChI=1S/C17H22N4O3/c1-5-14-13(9-18-20(14)10-11(2)3)19-17(22)16-12(4)7-6-8-15(16)21(23)24/h6-9,11H,5,10H2,1-4H3,(H,19,22). The Morgan fingerprint density at radius 3 is 2.71 bits per heavy atom. The van der Waals surface area contributed by atoms with E-state index in [0.29, 0.717) is 23.6 Å². The van der Waals surface area contributed by atoms with Gasteiger partial charge in [0.05, 0.1) is 22.5 Å². The fourth-order valence-corrected chi connectivity index (χ4v) is 2.68. The quantitative estimate of drug-likeness (QED) is 0.647. The van der Waals surface area contributed by atoms with Gasteiger partial charge in [-0.25, -0.2) is 0 Å². The maximum absolute atomic E-state index is 12.6. The van der Waals surface area contributed by atoms with Gasteiger partial charge in [-0.2, -0.15) is 5.10 Å². The summed E-state index contributed by atoms with van der Waals surface area (Å²) in [5, 5.41) is 18.3. The third-order valence-corrected chi connectivity index (χ3v) is 3.74. The zero-order valence-corrected chi connectivity index (χ0v) is 14.4. The lowest BCUT2D eigenvalue weighted by atomic mass is 10.1. The fraction of sp³-hybridized carbons (Fsp3) is 0.412. The van der Waals surface area contributed by atoms with Gasteiger partial charge in [0.2, 0.25) is 0 Å². The Kier molecular flexibility index (Phi) is 5.33. The topological polar surface area (TPSA) is 90.1 Å². The molecule has 7 nitrogen and oxygen atoms in total. The predicted octanol–water partition coefficient (Wildman–Crippen LogP) is 3.57. The Balaban J connectivity index is 2.35. The van der Waals surface area contributed by atoms with Gasteiger partial charge in [-0.1, -0.05) is 32.9 Å². The summed E-state index contributed by atoms with van der Waals surface area (Å²) in [5.74, 6) is -0.0604. The molecule has 0 aliphatic carbocycles. The molecule has 1 heterocycles. The van der Waals surface area contributed by atoms with Crippen LogP contribution in [0, 0.1) is 23.0 Å². The highest BCUT2D eigenvalue weighted by molar-refractivity contribution is 6.08. The summed E-state index contributed by atoms with van der Waals surface area (Å²) >= 11 is 0. The van der Waals surface area contributed by atoms with Crippen molar-refractivity contribution in [2.45, 2.75) is 40.7 Å². The maximum Gasteiger partial charge on any atom is 0.282 e. The number of carbonyl (C=O) groups excluding carboxylic acids is 1. The van der Waals surface area contributed by atoms with Crippen molar-refractivity contribution >= 4 is 17.3 Å². The van der Waals surface area contributed by atoms with E-state index >= 15 is 0 Å². The van der Waals surface area contributed by atoms with Crippen molar-refractivity contribution in [1.29, 1.82) is 0 Å². The van der Waals surface area contributed by atoms with Crippen LogP contribution in [0.15, 0.2) is 24.4 Å². The van der Waals surface area contributed by atoms with Gasteiger partial charge in [0.1, 0.15) is 5.56 Å². The van der Waals surface area contributed by atoms with Crippen LogP contribution in [0.1, 0.15) is 42.4 Å². The molecular formula is C17H22N4O3. The molecule has 1 aromatic heterocycles. The number of rotatable bonds is 6. The minimum absolute atomic E-state index is 0.0844. The molecule has 0 aliphatic rings. The first-order chi connectivity index (χ1) is 11.3. The van der Waals surface area contributed by atoms with Crippen LogP contribution < -0.4 is 5.32 Å². The Bertz CT molecular complexity index is 765. The van der Waals surface area contributed by atoms with Crippen LogP contribution in [0.3, 0.4) is 0 Å². The van der Waals surface area contributed by atoms with E-state index in [-0.39, 0.29) is 11.3 Å². The van der Waals surface area contributed by atoms with Gasteiger partial charge in [0.15, 0.2) is 0 Å². The number of nitro groups is 1. The molecule has 128 valence electrons. The molecule has 0 unspecified atom stereocenters. The van der Waals surface area contributed by atoms with Gasteiger partial charge in [0.25, 0.3) is 11.6 Å². The Hall–Kier alpha value is -2.70. The summed E-state index contributed by atoms with van der Waals surface area (Å²) in [5.41, 5.74) is 1.96. The number of benzene rings is 1. The van der Waals surface area contributed by atoms with Crippen molar-refractivity contribution in [1.82, 2.24) is 9.78 Å². The first kappa shape index (κ1) is 17.7. The Labute approximate surface area is 140 Å². The molecule has 0 spiro atoms. The van der Waals surface area contributed by atoms with Crippen LogP contribution in [0.4, 0.5) is 11.4 Å². The molecule has 0 radical (unpaired) electrons. The summed E-state index contributed by atoms with van der Waals surface area (Å²) in [4.78, 5) is 23.3. The average Bonchev–Trinajstić information content (AvgIpc) is 2.87. The summed E-state index contributed by atoms with van der Waals surface area (Å²) in [7, 11) is 0. The molecule has 0 saturated heterocycles. The molecule has 7 heteroatoms. The number of aryl methyl sites for hydroxylation is 1. The lowest BCUT2D eigenvalue weighted by Gasteiger charge is -2.11. The van der Waals surface area contributed by atoms with E-state index in [4.69, 9.17) is 0 Å².